The molecular formula is C32H44FN9O8S. The smallest absolute Gasteiger partial charge is 0.408 e. The predicted octanol–water partition coefficient (Wildman–Crippen LogP) is 3.11. The van der Waals surface area contributed by atoms with Crippen LogP contribution in [0, 0.1) is 6.92 Å². The normalized spacial score (nSPS) is 16.5. The molecule has 2 N–H and O–H groups in total. The van der Waals surface area contributed by atoms with Crippen molar-refractivity contribution < 1.29 is 40.7 Å². The number of aromatic nitrogens is 6. The zero-order valence-corrected chi connectivity index (χ0v) is 30.3. The fraction of sp³-hybridized carbons (Fsp3) is 0.531. The second-order valence-corrected chi connectivity index (χ2v) is 14.4. The molecule has 1 aliphatic heterocycles. The number of carbonyl (C=O) groups is 1. The van der Waals surface area contributed by atoms with E-state index >= 15 is 4.39 Å². The molecule has 278 valence electrons. The second kappa shape index (κ2) is 16.2. The number of aryl methyl sites for hydroxylation is 2. The highest BCUT2D eigenvalue weighted by molar-refractivity contribution is 7.86. The maximum atomic E-state index is 15.1. The molecule has 5 rings (SSSR count). The van der Waals surface area contributed by atoms with Gasteiger partial charge in [0, 0.05) is 13.6 Å². The third-order valence-corrected chi connectivity index (χ3v) is 8.89. The molecule has 2 atom stereocenters. The molecule has 4 heterocycles. The van der Waals surface area contributed by atoms with Gasteiger partial charge >= 0.3 is 6.09 Å². The van der Waals surface area contributed by atoms with Crippen molar-refractivity contribution in [3.05, 3.63) is 42.4 Å². The van der Waals surface area contributed by atoms with Gasteiger partial charge < -0.3 is 39.0 Å². The lowest BCUT2D eigenvalue weighted by atomic mass is 10.2. The second-order valence-electron chi connectivity index (χ2n) is 12.8. The number of rotatable bonds is 16. The number of hydrogen-bond acceptors (Lipinski definition) is 14. The maximum Gasteiger partial charge on any atom is 0.408 e. The van der Waals surface area contributed by atoms with E-state index in [9.17, 15) is 13.2 Å². The summed E-state index contributed by atoms with van der Waals surface area (Å²) in [7, 11) is -0.558. The largest absolute Gasteiger partial charge is 0.478 e. The zero-order chi connectivity index (χ0) is 36.8. The number of halogens is 1. The van der Waals surface area contributed by atoms with E-state index in [0.29, 0.717) is 41.7 Å². The van der Waals surface area contributed by atoms with E-state index in [-0.39, 0.29) is 50.4 Å². The van der Waals surface area contributed by atoms with Crippen molar-refractivity contribution in [3.63, 3.8) is 0 Å². The first-order valence-corrected chi connectivity index (χ1v) is 17.7. The highest BCUT2D eigenvalue weighted by Gasteiger charge is 2.37. The highest BCUT2D eigenvalue weighted by atomic mass is 32.2. The van der Waals surface area contributed by atoms with E-state index < -0.39 is 34.0 Å². The third-order valence-electron chi connectivity index (χ3n) is 7.57. The van der Waals surface area contributed by atoms with Crippen LogP contribution in [0.2, 0.25) is 0 Å². The Kier molecular flexibility index (Phi) is 11.9. The van der Waals surface area contributed by atoms with Crippen LogP contribution < -0.4 is 20.3 Å². The van der Waals surface area contributed by atoms with E-state index in [1.54, 1.807) is 66.6 Å². The summed E-state index contributed by atoms with van der Waals surface area (Å²) in [6.07, 6.45) is 1.27. The van der Waals surface area contributed by atoms with Gasteiger partial charge in [0.15, 0.2) is 17.0 Å². The number of hydrogen-bond donors (Lipinski definition) is 2. The monoisotopic (exact) mass is 733 g/mol. The molecule has 0 radical (unpaired) electrons. The molecule has 0 spiro atoms. The Morgan fingerprint density at radius 3 is 2.45 bits per heavy atom. The number of nitrogens with zero attached hydrogens (tertiary/aromatic N) is 7. The number of amides is 1. The van der Waals surface area contributed by atoms with Gasteiger partial charge in [0.1, 0.15) is 17.5 Å². The summed E-state index contributed by atoms with van der Waals surface area (Å²) in [5.74, 6) is 0.914. The molecule has 1 fully saturated rings. The van der Waals surface area contributed by atoms with Crippen LogP contribution in [0.4, 0.5) is 26.6 Å². The average Bonchev–Trinajstić information content (AvgIpc) is 3.75. The molecule has 0 aliphatic carbocycles. The topological polar surface area (TPSA) is 186 Å². The van der Waals surface area contributed by atoms with Gasteiger partial charge in [-0.05, 0) is 39.8 Å². The Morgan fingerprint density at radius 2 is 1.75 bits per heavy atom. The van der Waals surface area contributed by atoms with Crippen LogP contribution in [-0.4, -0.2) is 115 Å². The van der Waals surface area contributed by atoms with E-state index in [1.165, 1.54) is 19.2 Å². The van der Waals surface area contributed by atoms with Crippen LogP contribution in [0.3, 0.4) is 0 Å². The summed E-state index contributed by atoms with van der Waals surface area (Å²) < 4.78 is 69.8. The molecule has 1 saturated heterocycles. The Bertz CT molecular complexity index is 1900. The molecule has 0 unspecified atom stereocenters. The third kappa shape index (κ3) is 10.0. The van der Waals surface area contributed by atoms with Crippen LogP contribution in [0.15, 0.2) is 41.7 Å². The molecule has 3 aromatic heterocycles. The average molecular weight is 734 g/mol. The van der Waals surface area contributed by atoms with E-state index in [1.807, 2.05) is 6.92 Å². The fourth-order valence-electron chi connectivity index (χ4n) is 5.08. The Labute approximate surface area is 295 Å². The Balaban J connectivity index is 1.12. The highest BCUT2D eigenvalue weighted by Crippen LogP contribution is 2.31. The van der Waals surface area contributed by atoms with Crippen molar-refractivity contribution in [2.75, 3.05) is 63.5 Å². The number of methoxy groups -OCH3 is 1. The molecule has 51 heavy (non-hydrogen) atoms. The number of carbonyl (C=O) groups excluding carboxylic acids is 1. The molecule has 4 aromatic rings. The van der Waals surface area contributed by atoms with Crippen molar-refractivity contribution in [2.45, 2.75) is 56.9 Å². The zero-order valence-electron chi connectivity index (χ0n) is 29.5. The van der Waals surface area contributed by atoms with Crippen molar-refractivity contribution in [3.8, 4) is 5.88 Å². The van der Waals surface area contributed by atoms with E-state index in [4.69, 9.17) is 23.1 Å². The molecule has 17 nitrogen and oxygen atoms in total. The number of ether oxygens (including phenoxy) is 4. The van der Waals surface area contributed by atoms with Crippen molar-refractivity contribution in [1.82, 2.24) is 34.6 Å². The van der Waals surface area contributed by atoms with E-state index in [2.05, 4.69) is 30.7 Å². The lowest BCUT2D eigenvalue weighted by Crippen LogP contribution is -2.44. The van der Waals surface area contributed by atoms with Gasteiger partial charge in [-0.3, -0.25) is 8.86 Å². The van der Waals surface area contributed by atoms with Crippen LogP contribution >= 0.6 is 0 Å². The van der Waals surface area contributed by atoms with Crippen LogP contribution in [-0.2, 0) is 42.1 Å². The quantitative estimate of drug-likeness (QED) is 0.126. The summed E-state index contributed by atoms with van der Waals surface area (Å²) in [6.45, 7) is 8.40. The predicted molar refractivity (Wildman–Crippen MR) is 185 cm³/mol. The molecule has 0 bridgehead atoms. The van der Waals surface area contributed by atoms with Crippen molar-refractivity contribution >= 4 is 44.8 Å². The van der Waals surface area contributed by atoms with Gasteiger partial charge in [-0.15, -0.1) is 5.10 Å². The number of nitrogens with one attached hydrogen (secondary N) is 2. The molecular weight excluding hydrogens is 689 g/mol. The summed E-state index contributed by atoms with van der Waals surface area (Å²) in [5.41, 5.74) is 1.74. The van der Waals surface area contributed by atoms with Gasteiger partial charge in [-0.1, -0.05) is 17.7 Å². The first-order valence-electron chi connectivity index (χ1n) is 16.3. The molecule has 1 aromatic carbocycles. The number of benzene rings is 1. The lowest BCUT2D eigenvalue weighted by molar-refractivity contribution is 0.0340. The summed E-state index contributed by atoms with van der Waals surface area (Å²) in [5, 5.41) is 10.3. The maximum absolute atomic E-state index is 15.1. The van der Waals surface area contributed by atoms with Crippen LogP contribution in [0.5, 0.6) is 5.88 Å². The number of alkyl carbamates (subject to hydrolysis) is 1. The Morgan fingerprint density at radius 1 is 1.04 bits per heavy atom. The van der Waals surface area contributed by atoms with Crippen LogP contribution in [0.25, 0.3) is 11.2 Å². The van der Waals surface area contributed by atoms with E-state index in [0.717, 1.165) is 5.56 Å². The van der Waals surface area contributed by atoms with Gasteiger partial charge in [0.05, 0.1) is 76.7 Å². The summed E-state index contributed by atoms with van der Waals surface area (Å²) in [4.78, 5) is 27.8. The molecule has 0 saturated carbocycles. The SMILES string of the molecule is COc1nn(CCOCCOCCOS(=O)(=O)c2ccc(C)cc2)cc1Nc1nc(N2C[C@@H](F)[C@H](NC(=O)OC(C)(C)C)C2)nc2c1ncn2C. The van der Waals surface area contributed by atoms with Crippen LogP contribution in [0.1, 0.15) is 26.3 Å². The fourth-order valence-corrected chi connectivity index (χ4v) is 5.98. The summed E-state index contributed by atoms with van der Waals surface area (Å²) in [6, 6.07) is 5.61. The number of imidazole rings is 1. The number of alkyl halides is 1. The van der Waals surface area contributed by atoms with Gasteiger partial charge in [0.25, 0.3) is 16.0 Å². The summed E-state index contributed by atoms with van der Waals surface area (Å²) >= 11 is 0. The minimum absolute atomic E-state index is 0.0285. The molecule has 19 heteroatoms. The first-order chi connectivity index (χ1) is 24.2. The minimum atomic E-state index is -3.84. The van der Waals surface area contributed by atoms with Gasteiger partial charge in [-0.2, -0.15) is 18.4 Å². The van der Waals surface area contributed by atoms with Gasteiger partial charge in [0.2, 0.25) is 5.95 Å². The van der Waals surface area contributed by atoms with Crippen molar-refractivity contribution in [1.29, 1.82) is 0 Å². The first kappa shape index (κ1) is 37.7. The standard InChI is InChI=1S/C32H44FN9O8S/c1-21-7-9-22(10-8-21)51(44,45)49-16-15-48-14-13-47-12-11-42-19-25(29(39-42)46-6)35-27-26-28(40(5)20-34-26)38-30(37-27)41-17-23(33)24(18-41)36-31(43)50-32(2,3)4/h7-10,19-20,23-24H,11-18H2,1-6H3,(H,36,43)(H,35,37,38)/t23-,24-/m1/s1. The number of anilines is 3. The molecule has 1 aliphatic rings. The Hall–Kier alpha value is -4.59. The van der Waals surface area contributed by atoms with Crippen molar-refractivity contribution in [2.24, 2.45) is 7.05 Å². The van der Waals surface area contributed by atoms with Gasteiger partial charge in [-0.25, -0.2) is 14.2 Å². The molecule has 1 amide bonds. The minimum Gasteiger partial charge on any atom is -0.478 e. The lowest BCUT2D eigenvalue weighted by Gasteiger charge is -2.22. The number of fused-ring (bicyclic) bond motifs is 1.